The number of nitrogens with one attached hydrogen (secondary N) is 1. The van der Waals surface area contributed by atoms with E-state index >= 15 is 0 Å². The molecule has 1 N–H and O–H groups in total. The Morgan fingerprint density at radius 2 is 1.56 bits per heavy atom. The van der Waals surface area contributed by atoms with E-state index in [1.54, 1.807) is 12.1 Å². The SMILES string of the molecule is CCOc1cc(C(=O)NOCCN2CCCCC2)cc(OCC)c1OCC. The average molecular weight is 380 g/mol. The standard InChI is InChI=1S/C20H32N2O5/c1-4-24-17-14-16(15-18(25-5-2)19(17)26-6-3)20(23)21-27-13-12-22-10-8-7-9-11-22/h14-15H,4-13H2,1-3H3,(H,21,23). The van der Waals surface area contributed by atoms with E-state index in [0.29, 0.717) is 49.2 Å². The van der Waals surface area contributed by atoms with Gasteiger partial charge in [0.25, 0.3) is 5.91 Å². The number of piperidine rings is 1. The molecule has 0 saturated carbocycles. The van der Waals surface area contributed by atoms with Crippen molar-refractivity contribution in [1.82, 2.24) is 10.4 Å². The zero-order chi connectivity index (χ0) is 19.5. The maximum absolute atomic E-state index is 12.5. The Kier molecular flexibility index (Phi) is 9.21. The van der Waals surface area contributed by atoms with Gasteiger partial charge in [0, 0.05) is 12.1 Å². The maximum atomic E-state index is 12.5. The number of carbonyl (C=O) groups is 1. The normalized spacial score (nSPS) is 14.6. The smallest absolute Gasteiger partial charge is 0.275 e. The molecule has 0 radical (unpaired) electrons. The van der Waals surface area contributed by atoms with Gasteiger partial charge in [0.05, 0.1) is 26.4 Å². The molecule has 1 saturated heterocycles. The monoisotopic (exact) mass is 380 g/mol. The summed E-state index contributed by atoms with van der Waals surface area (Å²) in [4.78, 5) is 20.2. The molecule has 152 valence electrons. The van der Waals surface area contributed by atoms with Crippen LogP contribution in [0.5, 0.6) is 17.2 Å². The molecule has 1 fully saturated rings. The molecule has 0 aliphatic carbocycles. The molecule has 0 bridgehead atoms. The number of hydrogen-bond donors (Lipinski definition) is 1. The minimum absolute atomic E-state index is 0.335. The van der Waals surface area contributed by atoms with E-state index in [-0.39, 0.29) is 5.91 Å². The number of hydroxylamine groups is 1. The molecule has 1 amide bonds. The fraction of sp³-hybridized carbons (Fsp3) is 0.650. The average Bonchev–Trinajstić information content (AvgIpc) is 2.68. The van der Waals surface area contributed by atoms with Crippen LogP contribution in [0.3, 0.4) is 0 Å². The van der Waals surface area contributed by atoms with E-state index in [0.717, 1.165) is 19.6 Å². The number of carbonyl (C=O) groups excluding carboxylic acids is 1. The third-order valence-corrected chi connectivity index (χ3v) is 4.29. The fourth-order valence-electron chi connectivity index (χ4n) is 3.05. The third-order valence-electron chi connectivity index (χ3n) is 4.29. The zero-order valence-electron chi connectivity index (χ0n) is 16.7. The van der Waals surface area contributed by atoms with Gasteiger partial charge in [0.2, 0.25) is 5.75 Å². The van der Waals surface area contributed by atoms with E-state index in [1.165, 1.54) is 19.3 Å². The first-order valence-corrected chi connectivity index (χ1v) is 9.90. The first-order chi connectivity index (χ1) is 13.2. The quantitative estimate of drug-likeness (QED) is 0.470. The van der Waals surface area contributed by atoms with Crippen LogP contribution in [0.1, 0.15) is 50.4 Å². The lowest BCUT2D eigenvalue weighted by atomic mass is 10.1. The summed E-state index contributed by atoms with van der Waals surface area (Å²) in [5.41, 5.74) is 2.92. The van der Waals surface area contributed by atoms with Crippen molar-refractivity contribution in [1.29, 1.82) is 0 Å². The van der Waals surface area contributed by atoms with E-state index in [1.807, 2.05) is 20.8 Å². The van der Waals surface area contributed by atoms with Gasteiger partial charge in [-0.05, 0) is 58.8 Å². The summed E-state index contributed by atoms with van der Waals surface area (Å²) in [7, 11) is 0. The lowest BCUT2D eigenvalue weighted by molar-refractivity contribution is 0.0206. The first kappa shape index (κ1) is 21.3. The minimum atomic E-state index is -0.335. The Balaban J connectivity index is 1.98. The van der Waals surface area contributed by atoms with E-state index < -0.39 is 0 Å². The van der Waals surface area contributed by atoms with Crippen LogP contribution in [-0.2, 0) is 4.84 Å². The van der Waals surface area contributed by atoms with Crippen LogP contribution in [0, 0.1) is 0 Å². The third kappa shape index (κ3) is 6.59. The van der Waals surface area contributed by atoms with Crippen molar-refractivity contribution in [3.05, 3.63) is 17.7 Å². The number of hydrogen-bond acceptors (Lipinski definition) is 6. The largest absolute Gasteiger partial charge is 0.490 e. The van der Waals surface area contributed by atoms with Gasteiger partial charge in [0.1, 0.15) is 0 Å². The van der Waals surface area contributed by atoms with Crippen molar-refractivity contribution in [3.8, 4) is 17.2 Å². The van der Waals surface area contributed by atoms with Crippen LogP contribution >= 0.6 is 0 Å². The minimum Gasteiger partial charge on any atom is -0.490 e. The Morgan fingerprint density at radius 3 is 2.11 bits per heavy atom. The number of likely N-dealkylation sites (tertiary alicyclic amines) is 1. The molecule has 7 nitrogen and oxygen atoms in total. The lowest BCUT2D eigenvalue weighted by Gasteiger charge is -2.25. The van der Waals surface area contributed by atoms with Gasteiger partial charge < -0.3 is 19.1 Å². The van der Waals surface area contributed by atoms with Crippen LogP contribution < -0.4 is 19.7 Å². The molecule has 0 unspecified atom stereocenters. The summed E-state index contributed by atoms with van der Waals surface area (Å²) in [5.74, 6) is 1.16. The number of nitrogens with zero attached hydrogens (tertiary/aromatic N) is 1. The number of rotatable bonds is 11. The van der Waals surface area contributed by atoms with Crippen molar-refractivity contribution in [2.75, 3.05) is 46.1 Å². The molecule has 7 heteroatoms. The molecular weight excluding hydrogens is 348 g/mol. The molecule has 1 aliphatic rings. The summed E-state index contributed by atoms with van der Waals surface area (Å²) in [5, 5.41) is 0. The van der Waals surface area contributed by atoms with E-state index in [2.05, 4.69) is 10.4 Å². The molecule has 1 aromatic rings. The second kappa shape index (κ2) is 11.7. The maximum Gasteiger partial charge on any atom is 0.275 e. The Morgan fingerprint density at radius 1 is 0.963 bits per heavy atom. The Bertz CT molecular complexity index is 561. The van der Waals surface area contributed by atoms with Gasteiger partial charge in [-0.1, -0.05) is 6.42 Å². The second-order valence-electron chi connectivity index (χ2n) is 6.28. The van der Waals surface area contributed by atoms with Gasteiger partial charge in [0.15, 0.2) is 11.5 Å². The number of benzene rings is 1. The summed E-state index contributed by atoms with van der Waals surface area (Å²) in [6, 6.07) is 3.31. The molecule has 0 aromatic heterocycles. The molecule has 27 heavy (non-hydrogen) atoms. The summed E-state index contributed by atoms with van der Waals surface area (Å²) in [6.45, 7) is 10.5. The summed E-state index contributed by atoms with van der Waals surface area (Å²) in [6.07, 6.45) is 3.77. The van der Waals surface area contributed by atoms with Crippen LogP contribution in [0.15, 0.2) is 12.1 Å². The van der Waals surface area contributed by atoms with Gasteiger partial charge in [-0.25, -0.2) is 5.48 Å². The predicted octanol–water partition coefficient (Wildman–Crippen LogP) is 3.03. The fourth-order valence-corrected chi connectivity index (χ4v) is 3.05. The van der Waals surface area contributed by atoms with Crippen LogP contribution in [-0.4, -0.2) is 56.9 Å². The molecule has 1 aromatic carbocycles. The highest BCUT2D eigenvalue weighted by Crippen LogP contribution is 2.39. The Labute approximate surface area is 161 Å². The molecule has 2 rings (SSSR count). The van der Waals surface area contributed by atoms with Gasteiger partial charge >= 0.3 is 0 Å². The van der Waals surface area contributed by atoms with Gasteiger partial charge in [-0.2, -0.15) is 0 Å². The molecule has 0 atom stereocenters. The highest BCUT2D eigenvalue weighted by atomic mass is 16.7. The van der Waals surface area contributed by atoms with Crippen molar-refractivity contribution >= 4 is 5.91 Å². The topological polar surface area (TPSA) is 69.3 Å². The van der Waals surface area contributed by atoms with E-state index in [4.69, 9.17) is 19.0 Å². The Hall–Kier alpha value is -1.99. The van der Waals surface area contributed by atoms with Gasteiger partial charge in [-0.3, -0.25) is 9.63 Å². The summed E-state index contributed by atoms with van der Waals surface area (Å²) < 4.78 is 16.9. The second-order valence-corrected chi connectivity index (χ2v) is 6.28. The van der Waals surface area contributed by atoms with Crippen LogP contribution in [0.25, 0.3) is 0 Å². The van der Waals surface area contributed by atoms with Gasteiger partial charge in [-0.15, -0.1) is 0 Å². The molecular formula is C20H32N2O5. The summed E-state index contributed by atoms with van der Waals surface area (Å²) >= 11 is 0. The predicted molar refractivity (Wildman–Crippen MR) is 104 cm³/mol. The highest BCUT2D eigenvalue weighted by Gasteiger charge is 2.18. The van der Waals surface area contributed by atoms with Crippen molar-refractivity contribution in [2.24, 2.45) is 0 Å². The molecule has 1 aliphatic heterocycles. The van der Waals surface area contributed by atoms with E-state index in [9.17, 15) is 4.79 Å². The first-order valence-electron chi connectivity index (χ1n) is 9.90. The van der Waals surface area contributed by atoms with Crippen molar-refractivity contribution in [2.45, 2.75) is 40.0 Å². The van der Waals surface area contributed by atoms with Crippen molar-refractivity contribution in [3.63, 3.8) is 0 Å². The van der Waals surface area contributed by atoms with Crippen molar-refractivity contribution < 1.29 is 23.8 Å². The zero-order valence-corrected chi connectivity index (χ0v) is 16.7. The number of amides is 1. The molecule has 0 spiro atoms. The lowest BCUT2D eigenvalue weighted by Crippen LogP contribution is -2.35. The van der Waals surface area contributed by atoms with Crippen LogP contribution in [0.2, 0.25) is 0 Å². The number of ether oxygens (including phenoxy) is 3. The molecule has 1 heterocycles. The van der Waals surface area contributed by atoms with Crippen LogP contribution in [0.4, 0.5) is 0 Å². The highest BCUT2D eigenvalue weighted by molar-refractivity contribution is 5.95.